The van der Waals surface area contributed by atoms with E-state index in [9.17, 15) is 4.79 Å². The van der Waals surface area contributed by atoms with Crippen LogP contribution in [0.3, 0.4) is 0 Å². The van der Waals surface area contributed by atoms with Crippen LogP contribution in [-0.2, 0) is 23.1 Å². The zero-order chi connectivity index (χ0) is 11.8. The molecule has 4 nitrogen and oxygen atoms in total. The van der Waals surface area contributed by atoms with E-state index in [1.807, 2.05) is 13.8 Å². The third-order valence-electron chi connectivity index (χ3n) is 3.19. The van der Waals surface area contributed by atoms with Crippen molar-refractivity contribution in [3.05, 3.63) is 17.2 Å². The monoisotopic (exact) mass is 222 g/mol. The third kappa shape index (κ3) is 2.10. The Morgan fingerprint density at radius 3 is 2.75 bits per heavy atom. The van der Waals surface area contributed by atoms with Gasteiger partial charge in [0.25, 0.3) is 0 Å². The Hall–Kier alpha value is -1.32. The van der Waals surface area contributed by atoms with E-state index < -0.39 is 11.4 Å². The Morgan fingerprint density at radius 1 is 1.44 bits per heavy atom. The molecular formula is C12H18N2O2. The van der Waals surface area contributed by atoms with Gasteiger partial charge in [0.05, 0.1) is 12.1 Å². The first-order valence-corrected chi connectivity index (χ1v) is 5.79. The summed E-state index contributed by atoms with van der Waals surface area (Å²) in [6.07, 6.45) is 4.57. The van der Waals surface area contributed by atoms with Gasteiger partial charge < -0.3 is 10.1 Å². The molecule has 0 radical (unpaired) electrons. The fraction of sp³-hybridized carbons (Fsp3) is 0.667. The minimum atomic E-state index is -0.778. The number of hydrogen-bond acceptors (Lipinski definition) is 2. The molecular weight excluding hydrogens is 204 g/mol. The number of aryl methyl sites for hydroxylation is 2. The number of nitrogens with one attached hydrogen (secondary N) is 1. The predicted octanol–water partition coefficient (Wildman–Crippen LogP) is 2.04. The number of imidazole rings is 1. The maximum atomic E-state index is 10.8. The van der Waals surface area contributed by atoms with Gasteiger partial charge >= 0.3 is 5.97 Å². The maximum absolute atomic E-state index is 10.8. The van der Waals surface area contributed by atoms with Crippen molar-refractivity contribution >= 4 is 5.97 Å². The first-order chi connectivity index (χ1) is 7.49. The Bertz CT molecular complexity index is 384. The summed E-state index contributed by atoms with van der Waals surface area (Å²) in [6, 6.07) is 0. The summed E-state index contributed by atoms with van der Waals surface area (Å²) in [6.45, 7) is 3.84. The molecule has 1 aliphatic rings. The summed E-state index contributed by atoms with van der Waals surface area (Å²) in [5.41, 5.74) is 1.93. The molecule has 0 saturated heterocycles. The van der Waals surface area contributed by atoms with Crippen LogP contribution in [0, 0.1) is 0 Å². The molecule has 0 saturated carbocycles. The molecule has 88 valence electrons. The number of fused-ring (bicyclic) bond motifs is 1. The van der Waals surface area contributed by atoms with Crippen molar-refractivity contribution in [2.75, 3.05) is 0 Å². The van der Waals surface area contributed by atoms with Gasteiger partial charge in [0.15, 0.2) is 0 Å². The Kier molecular flexibility index (Phi) is 2.74. The van der Waals surface area contributed by atoms with E-state index in [4.69, 9.17) is 5.11 Å². The predicted molar refractivity (Wildman–Crippen MR) is 60.5 cm³/mol. The number of carboxylic acids is 1. The van der Waals surface area contributed by atoms with Crippen LogP contribution in [0.15, 0.2) is 0 Å². The van der Waals surface area contributed by atoms with Crippen LogP contribution in [-0.4, -0.2) is 21.0 Å². The highest BCUT2D eigenvalue weighted by atomic mass is 16.4. The number of aromatic nitrogens is 2. The number of carboxylic acid groups (broad SMARTS) is 1. The van der Waals surface area contributed by atoms with Gasteiger partial charge in [-0.2, -0.15) is 0 Å². The van der Waals surface area contributed by atoms with Gasteiger partial charge in [-0.05, 0) is 25.7 Å². The van der Waals surface area contributed by atoms with Crippen LogP contribution < -0.4 is 0 Å². The number of aliphatic carboxylic acids is 1. The van der Waals surface area contributed by atoms with E-state index in [1.54, 1.807) is 0 Å². The lowest BCUT2D eigenvalue weighted by atomic mass is 9.88. The van der Waals surface area contributed by atoms with Crippen molar-refractivity contribution in [3.8, 4) is 0 Å². The highest BCUT2D eigenvalue weighted by Gasteiger charge is 2.29. The largest absolute Gasteiger partial charge is 0.481 e. The molecule has 0 atom stereocenters. The van der Waals surface area contributed by atoms with E-state index in [-0.39, 0.29) is 6.42 Å². The lowest BCUT2D eigenvalue weighted by molar-refractivity contribution is -0.138. The molecule has 1 aromatic heterocycles. The van der Waals surface area contributed by atoms with Gasteiger partial charge in [0.1, 0.15) is 5.82 Å². The standard InChI is InChI=1S/C12H18N2O2/c1-12(2,7-10(15)16)11-13-8-5-3-4-6-9(8)14-11/h3-7H2,1-2H3,(H,13,14)(H,15,16). The molecule has 0 aromatic carbocycles. The second-order valence-electron chi connectivity index (χ2n) is 5.17. The summed E-state index contributed by atoms with van der Waals surface area (Å²) >= 11 is 0. The van der Waals surface area contributed by atoms with Crippen LogP contribution in [0.5, 0.6) is 0 Å². The van der Waals surface area contributed by atoms with Crippen molar-refractivity contribution < 1.29 is 9.90 Å². The molecule has 0 amide bonds. The molecule has 2 rings (SSSR count). The first-order valence-electron chi connectivity index (χ1n) is 5.79. The second kappa shape index (κ2) is 3.92. The van der Waals surface area contributed by atoms with Crippen molar-refractivity contribution in [3.63, 3.8) is 0 Å². The summed E-state index contributed by atoms with van der Waals surface area (Å²) in [4.78, 5) is 18.7. The molecule has 1 heterocycles. The van der Waals surface area contributed by atoms with Crippen molar-refractivity contribution in [1.29, 1.82) is 0 Å². The smallest absolute Gasteiger partial charge is 0.304 e. The average molecular weight is 222 g/mol. The van der Waals surface area contributed by atoms with Gasteiger partial charge in [0, 0.05) is 11.1 Å². The Morgan fingerprint density at radius 2 is 2.12 bits per heavy atom. The van der Waals surface area contributed by atoms with Crippen molar-refractivity contribution in [2.45, 2.75) is 51.4 Å². The van der Waals surface area contributed by atoms with Crippen molar-refractivity contribution in [1.82, 2.24) is 9.97 Å². The highest BCUT2D eigenvalue weighted by molar-refractivity contribution is 5.68. The molecule has 0 fully saturated rings. The number of H-pyrrole nitrogens is 1. The van der Waals surface area contributed by atoms with E-state index >= 15 is 0 Å². The Labute approximate surface area is 95.1 Å². The number of rotatable bonds is 3. The average Bonchev–Trinajstić information content (AvgIpc) is 2.59. The van der Waals surface area contributed by atoms with Crippen molar-refractivity contribution in [2.24, 2.45) is 0 Å². The Balaban J connectivity index is 2.26. The quantitative estimate of drug-likeness (QED) is 0.822. The molecule has 0 aliphatic heterocycles. The van der Waals surface area contributed by atoms with Crippen LogP contribution >= 0.6 is 0 Å². The van der Waals surface area contributed by atoms with Gasteiger partial charge in [-0.3, -0.25) is 4.79 Å². The minimum Gasteiger partial charge on any atom is -0.481 e. The van der Waals surface area contributed by atoms with E-state index in [0.29, 0.717) is 0 Å². The molecule has 1 aliphatic carbocycles. The van der Waals surface area contributed by atoms with Gasteiger partial charge in [-0.15, -0.1) is 0 Å². The van der Waals surface area contributed by atoms with E-state index in [1.165, 1.54) is 18.5 Å². The summed E-state index contributed by atoms with van der Waals surface area (Å²) < 4.78 is 0. The number of aromatic amines is 1. The topological polar surface area (TPSA) is 66.0 Å². The van der Waals surface area contributed by atoms with Crippen LogP contribution in [0.25, 0.3) is 0 Å². The molecule has 1 aromatic rings. The van der Waals surface area contributed by atoms with Crippen LogP contribution in [0.1, 0.15) is 50.3 Å². The maximum Gasteiger partial charge on any atom is 0.304 e. The molecule has 0 bridgehead atoms. The fourth-order valence-electron chi connectivity index (χ4n) is 2.24. The molecule has 0 unspecified atom stereocenters. The molecule has 4 heteroatoms. The normalized spacial score (nSPS) is 15.9. The lowest BCUT2D eigenvalue weighted by Gasteiger charge is -2.19. The van der Waals surface area contributed by atoms with Gasteiger partial charge in [-0.1, -0.05) is 13.8 Å². The third-order valence-corrected chi connectivity index (χ3v) is 3.19. The van der Waals surface area contributed by atoms with Crippen LogP contribution in [0.4, 0.5) is 0 Å². The van der Waals surface area contributed by atoms with Gasteiger partial charge in [0.2, 0.25) is 0 Å². The SMILES string of the molecule is CC(C)(CC(=O)O)c1nc2c([nH]1)CCCC2. The van der Waals surface area contributed by atoms with E-state index in [2.05, 4.69) is 9.97 Å². The number of nitrogens with zero attached hydrogens (tertiary/aromatic N) is 1. The minimum absolute atomic E-state index is 0.111. The van der Waals surface area contributed by atoms with Crippen LogP contribution in [0.2, 0.25) is 0 Å². The summed E-state index contributed by atoms with van der Waals surface area (Å²) in [5, 5.41) is 8.87. The number of carbonyl (C=O) groups is 1. The lowest BCUT2D eigenvalue weighted by Crippen LogP contribution is -2.23. The molecule has 16 heavy (non-hydrogen) atoms. The second-order valence-corrected chi connectivity index (χ2v) is 5.17. The first kappa shape index (κ1) is 11.2. The molecule has 2 N–H and O–H groups in total. The highest BCUT2D eigenvalue weighted by Crippen LogP contribution is 2.28. The van der Waals surface area contributed by atoms with E-state index in [0.717, 1.165) is 24.4 Å². The summed E-state index contributed by atoms with van der Waals surface area (Å²) in [7, 11) is 0. The number of hydrogen-bond donors (Lipinski definition) is 2. The summed E-state index contributed by atoms with van der Waals surface area (Å²) in [5.74, 6) is 0.0428. The zero-order valence-corrected chi connectivity index (χ0v) is 9.84. The van der Waals surface area contributed by atoms with Gasteiger partial charge in [-0.25, -0.2) is 4.98 Å². The zero-order valence-electron chi connectivity index (χ0n) is 9.84. The molecule has 0 spiro atoms. The fourth-order valence-corrected chi connectivity index (χ4v) is 2.24.